The van der Waals surface area contributed by atoms with Crippen molar-refractivity contribution in [3.63, 3.8) is 0 Å². The molecule has 1 fully saturated rings. The summed E-state index contributed by atoms with van der Waals surface area (Å²) in [6.45, 7) is -0.550. The van der Waals surface area contributed by atoms with Gasteiger partial charge in [0.25, 0.3) is 11.5 Å². The highest BCUT2D eigenvalue weighted by Crippen LogP contribution is 2.44. The Labute approximate surface area is 210 Å². The largest absolute Gasteiger partial charge is 0.467 e. The van der Waals surface area contributed by atoms with Crippen LogP contribution in [0.5, 0.6) is 0 Å². The SMILES string of the molecule is O=C(OCC(=O)N1N=C2/C(=C\c3ccco3)CCCC2C1c1ccco1)c1n[nH]c(=O)c2ccccc12. The van der Waals surface area contributed by atoms with Crippen LogP contribution in [0.25, 0.3) is 16.8 Å². The summed E-state index contributed by atoms with van der Waals surface area (Å²) in [5, 5.41) is 12.8. The second-order valence-electron chi connectivity index (χ2n) is 8.89. The minimum absolute atomic E-state index is 0.0643. The molecule has 1 N–H and O–H groups in total. The molecule has 2 unspecified atom stereocenters. The summed E-state index contributed by atoms with van der Waals surface area (Å²) in [6, 6.07) is 13.4. The normalized spacial score (nSPS) is 20.2. The summed E-state index contributed by atoms with van der Waals surface area (Å²) in [7, 11) is 0. The Morgan fingerprint density at radius 1 is 1.08 bits per heavy atom. The summed E-state index contributed by atoms with van der Waals surface area (Å²) < 4.78 is 16.5. The van der Waals surface area contributed by atoms with Gasteiger partial charge in [0.15, 0.2) is 12.3 Å². The Kier molecular flexibility index (Phi) is 5.76. The van der Waals surface area contributed by atoms with Crippen molar-refractivity contribution in [1.82, 2.24) is 15.2 Å². The van der Waals surface area contributed by atoms with Crippen LogP contribution in [-0.4, -0.2) is 39.4 Å². The standard InChI is InChI=1S/C27H22N4O6/c32-22(15-37-27(34)24-18-8-1-2-9-19(18)26(33)29-28-24)31-25(21-11-5-13-36-21)20-10-3-6-16(23(20)30-31)14-17-7-4-12-35-17/h1-2,4-5,7-9,11-14,20,25H,3,6,10,15H2,(H,29,33)/b16-14-. The molecule has 1 amide bonds. The third-order valence-corrected chi connectivity index (χ3v) is 6.67. The highest BCUT2D eigenvalue weighted by atomic mass is 16.5. The number of benzene rings is 1. The average Bonchev–Trinajstić information content (AvgIpc) is 3.69. The number of nitrogens with one attached hydrogen (secondary N) is 1. The lowest BCUT2D eigenvalue weighted by atomic mass is 9.79. The van der Waals surface area contributed by atoms with Gasteiger partial charge in [-0.05, 0) is 61.2 Å². The highest BCUT2D eigenvalue weighted by Gasteiger charge is 2.45. The number of fused-ring (bicyclic) bond motifs is 2. The summed E-state index contributed by atoms with van der Waals surface area (Å²) in [4.78, 5) is 38.2. The van der Waals surface area contributed by atoms with E-state index < -0.39 is 30.1 Å². The Morgan fingerprint density at radius 2 is 1.89 bits per heavy atom. The molecule has 0 spiro atoms. The molecule has 37 heavy (non-hydrogen) atoms. The zero-order chi connectivity index (χ0) is 25.4. The number of ether oxygens (including phenoxy) is 1. The minimum Gasteiger partial charge on any atom is -0.467 e. The molecule has 3 aromatic heterocycles. The fourth-order valence-electron chi connectivity index (χ4n) is 5.02. The van der Waals surface area contributed by atoms with Gasteiger partial charge in [0.2, 0.25) is 0 Å². The molecule has 1 aliphatic heterocycles. The van der Waals surface area contributed by atoms with Gasteiger partial charge >= 0.3 is 5.97 Å². The number of carbonyl (C=O) groups excluding carboxylic acids is 2. The number of aromatic nitrogens is 2. The van der Waals surface area contributed by atoms with Crippen molar-refractivity contribution >= 4 is 34.4 Å². The molecule has 186 valence electrons. The van der Waals surface area contributed by atoms with Crippen LogP contribution in [0.1, 0.15) is 47.3 Å². The van der Waals surface area contributed by atoms with Gasteiger partial charge in [-0.3, -0.25) is 9.59 Å². The average molecular weight is 498 g/mol. The molecular formula is C27H22N4O6. The number of hydrazone groups is 1. The van der Waals surface area contributed by atoms with Crippen molar-refractivity contribution in [3.05, 3.63) is 94.2 Å². The Hall–Kier alpha value is -4.73. The van der Waals surface area contributed by atoms with Crippen LogP contribution in [0.2, 0.25) is 0 Å². The van der Waals surface area contributed by atoms with E-state index in [1.54, 1.807) is 42.9 Å². The summed E-state index contributed by atoms with van der Waals surface area (Å²) >= 11 is 0. The molecule has 10 heteroatoms. The molecular weight excluding hydrogens is 476 g/mol. The van der Waals surface area contributed by atoms with Gasteiger partial charge in [-0.1, -0.05) is 18.2 Å². The first-order valence-electron chi connectivity index (χ1n) is 11.9. The predicted octanol–water partition coefficient (Wildman–Crippen LogP) is 4.09. The molecule has 0 bridgehead atoms. The first-order chi connectivity index (χ1) is 18.1. The number of esters is 1. The number of H-pyrrole nitrogens is 1. The first-order valence-corrected chi connectivity index (χ1v) is 11.9. The van der Waals surface area contributed by atoms with Gasteiger partial charge in [0.1, 0.15) is 17.6 Å². The molecule has 0 radical (unpaired) electrons. The quantitative estimate of drug-likeness (QED) is 0.410. The van der Waals surface area contributed by atoms with E-state index in [0.29, 0.717) is 22.3 Å². The fraction of sp³-hybridized carbons (Fsp3) is 0.222. The van der Waals surface area contributed by atoms with E-state index in [0.717, 1.165) is 30.5 Å². The Bertz CT molecular complexity index is 1580. The molecule has 2 aliphatic rings. The van der Waals surface area contributed by atoms with E-state index in [1.165, 1.54) is 5.01 Å². The van der Waals surface area contributed by atoms with Crippen LogP contribution >= 0.6 is 0 Å². The number of hydrogen-bond donors (Lipinski definition) is 1. The van der Waals surface area contributed by atoms with Crippen molar-refractivity contribution in [2.75, 3.05) is 6.61 Å². The van der Waals surface area contributed by atoms with Crippen molar-refractivity contribution in [1.29, 1.82) is 0 Å². The van der Waals surface area contributed by atoms with E-state index in [4.69, 9.17) is 18.7 Å². The first kappa shape index (κ1) is 22.7. The number of aromatic amines is 1. The molecule has 10 nitrogen and oxygen atoms in total. The molecule has 6 rings (SSSR count). The molecule has 1 aliphatic carbocycles. The van der Waals surface area contributed by atoms with Crippen LogP contribution in [0.4, 0.5) is 0 Å². The number of nitrogens with zero attached hydrogens (tertiary/aromatic N) is 3. The van der Waals surface area contributed by atoms with Gasteiger partial charge in [-0.25, -0.2) is 14.9 Å². The zero-order valence-corrected chi connectivity index (χ0v) is 19.6. The van der Waals surface area contributed by atoms with E-state index in [-0.39, 0.29) is 11.6 Å². The van der Waals surface area contributed by atoms with Gasteiger partial charge in [0.05, 0.1) is 23.6 Å². The maximum Gasteiger partial charge on any atom is 0.359 e. The minimum atomic E-state index is -0.821. The molecule has 1 aromatic carbocycles. The lowest BCUT2D eigenvalue weighted by molar-refractivity contribution is -0.137. The van der Waals surface area contributed by atoms with Crippen LogP contribution in [0.15, 0.2) is 85.4 Å². The van der Waals surface area contributed by atoms with Crippen LogP contribution in [0, 0.1) is 5.92 Å². The van der Waals surface area contributed by atoms with E-state index in [1.807, 2.05) is 24.3 Å². The van der Waals surface area contributed by atoms with Crippen LogP contribution in [0.3, 0.4) is 0 Å². The number of amides is 1. The van der Waals surface area contributed by atoms with Crippen molar-refractivity contribution in [3.8, 4) is 0 Å². The maximum absolute atomic E-state index is 13.4. The summed E-state index contributed by atoms with van der Waals surface area (Å²) in [5.74, 6) is -0.0606. The van der Waals surface area contributed by atoms with Gasteiger partial charge in [-0.2, -0.15) is 10.2 Å². The van der Waals surface area contributed by atoms with Gasteiger partial charge < -0.3 is 13.6 Å². The van der Waals surface area contributed by atoms with Crippen molar-refractivity contribution in [2.45, 2.75) is 25.3 Å². The zero-order valence-electron chi connectivity index (χ0n) is 19.6. The molecule has 0 saturated heterocycles. The lowest BCUT2D eigenvalue weighted by Crippen LogP contribution is -2.34. The lowest BCUT2D eigenvalue weighted by Gasteiger charge is -2.27. The Balaban J connectivity index is 1.27. The fourth-order valence-corrected chi connectivity index (χ4v) is 5.02. The monoisotopic (exact) mass is 498 g/mol. The molecule has 2 atom stereocenters. The molecule has 4 aromatic rings. The number of rotatable bonds is 5. The van der Waals surface area contributed by atoms with Crippen LogP contribution in [-0.2, 0) is 9.53 Å². The highest BCUT2D eigenvalue weighted by molar-refractivity contribution is 6.08. The maximum atomic E-state index is 13.4. The van der Waals surface area contributed by atoms with E-state index >= 15 is 0 Å². The van der Waals surface area contributed by atoms with Crippen molar-refractivity contribution < 1.29 is 23.2 Å². The van der Waals surface area contributed by atoms with Crippen LogP contribution < -0.4 is 5.56 Å². The second kappa shape index (κ2) is 9.38. The number of carbonyl (C=O) groups is 2. The predicted molar refractivity (Wildman–Crippen MR) is 132 cm³/mol. The third-order valence-electron chi connectivity index (χ3n) is 6.67. The number of hydrogen-bond acceptors (Lipinski definition) is 8. The van der Waals surface area contributed by atoms with E-state index in [9.17, 15) is 14.4 Å². The molecule has 4 heterocycles. The topological polar surface area (TPSA) is 131 Å². The van der Waals surface area contributed by atoms with Gasteiger partial charge in [0, 0.05) is 11.3 Å². The third kappa shape index (κ3) is 4.16. The van der Waals surface area contributed by atoms with Crippen molar-refractivity contribution in [2.24, 2.45) is 11.0 Å². The molecule has 1 saturated carbocycles. The Morgan fingerprint density at radius 3 is 2.68 bits per heavy atom. The summed E-state index contributed by atoms with van der Waals surface area (Å²) in [5.41, 5.74) is 1.31. The van der Waals surface area contributed by atoms with E-state index in [2.05, 4.69) is 10.2 Å². The second-order valence-corrected chi connectivity index (χ2v) is 8.89. The number of furan rings is 2. The smallest absolute Gasteiger partial charge is 0.359 e. The summed E-state index contributed by atoms with van der Waals surface area (Å²) in [6.07, 6.45) is 7.69. The number of allylic oxidation sites excluding steroid dienone is 1. The van der Waals surface area contributed by atoms with Gasteiger partial charge in [-0.15, -0.1) is 0 Å².